The lowest BCUT2D eigenvalue weighted by molar-refractivity contribution is 0.304. The highest BCUT2D eigenvalue weighted by atomic mass is 32.2. The molecule has 0 unspecified atom stereocenters. The number of anilines is 2. The summed E-state index contributed by atoms with van der Waals surface area (Å²) in [4.78, 5) is 31.9. The van der Waals surface area contributed by atoms with Crippen LogP contribution < -0.4 is 21.1 Å². The van der Waals surface area contributed by atoms with Crippen LogP contribution in [0.5, 0.6) is 0 Å². The van der Waals surface area contributed by atoms with E-state index in [-0.39, 0.29) is 12.2 Å². The van der Waals surface area contributed by atoms with Crippen LogP contribution >= 0.6 is 11.8 Å². The molecule has 1 aliphatic heterocycles. The van der Waals surface area contributed by atoms with Crippen LogP contribution in [0.15, 0.2) is 40.0 Å². The summed E-state index contributed by atoms with van der Waals surface area (Å²) >= 11 is 1.76. The summed E-state index contributed by atoms with van der Waals surface area (Å²) in [6, 6.07) is 9.20. The zero-order chi connectivity index (χ0) is 21.6. The first-order valence-electron chi connectivity index (χ1n) is 10.1. The standard InChI is InChI=1S/C21H25N7O2S/c1-28(8-9-29)19-11-14(10-15-12-22-13-31-15)24-21(27-19)23-7-6-18-25-17-5-3-2-4-16(17)20(30)26-18/h2-5,10-11,22,29H,6-9,12-13H2,1H3,(H,23,24,27)(H,25,26,30)/b15-10-. The summed E-state index contributed by atoms with van der Waals surface area (Å²) in [6.45, 7) is 1.87. The molecule has 2 aromatic heterocycles. The number of aliphatic hydroxyl groups excluding tert-OH is 1. The van der Waals surface area contributed by atoms with Crippen molar-refractivity contribution in [1.82, 2.24) is 25.3 Å². The summed E-state index contributed by atoms with van der Waals surface area (Å²) < 4.78 is 0. The van der Waals surface area contributed by atoms with E-state index in [1.54, 1.807) is 17.8 Å². The third kappa shape index (κ3) is 5.40. The lowest BCUT2D eigenvalue weighted by atomic mass is 10.2. The molecule has 4 rings (SSSR count). The zero-order valence-electron chi connectivity index (χ0n) is 17.3. The minimum absolute atomic E-state index is 0.0421. The molecule has 0 amide bonds. The Hall–Kier alpha value is -2.95. The molecular formula is C21H25N7O2S. The molecule has 3 heterocycles. The van der Waals surface area contributed by atoms with Gasteiger partial charge in [0.1, 0.15) is 11.6 Å². The van der Waals surface area contributed by atoms with Crippen molar-refractivity contribution in [2.45, 2.75) is 6.42 Å². The molecule has 0 spiro atoms. The number of benzene rings is 1. The summed E-state index contributed by atoms with van der Waals surface area (Å²) in [5, 5.41) is 16.4. The topological polar surface area (TPSA) is 119 Å². The number of thioether (sulfide) groups is 1. The lowest BCUT2D eigenvalue weighted by Crippen LogP contribution is -2.23. The number of para-hydroxylation sites is 1. The van der Waals surface area contributed by atoms with Gasteiger partial charge in [-0.1, -0.05) is 12.1 Å². The second kappa shape index (κ2) is 9.90. The number of aromatic amines is 1. The molecule has 0 saturated carbocycles. The van der Waals surface area contributed by atoms with Crippen LogP contribution in [0.3, 0.4) is 0 Å². The molecule has 31 heavy (non-hydrogen) atoms. The summed E-state index contributed by atoms with van der Waals surface area (Å²) in [5.41, 5.74) is 1.35. The van der Waals surface area contributed by atoms with Gasteiger partial charge in [-0.25, -0.2) is 9.97 Å². The molecule has 0 bridgehead atoms. The number of hydrogen-bond acceptors (Lipinski definition) is 9. The molecule has 0 radical (unpaired) electrons. The highest BCUT2D eigenvalue weighted by Crippen LogP contribution is 2.23. The molecule has 1 aliphatic rings. The Morgan fingerprint density at radius 3 is 2.97 bits per heavy atom. The summed E-state index contributed by atoms with van der Waals surface area (Å²) in [7, 11) is 1.88. The van der Waals surface area contributed by atoms with Gasteiger partial charge in [0, 0.05) is 50.0 Å². The minimum atomic E-state index is -0.138. The van der Waals surface area contributed by atoms with E-state index >= 15 is 0 Å². The molecule has 0 atom stereocenters. The van der Waals surface area contributed by atoms with E-state index in [4.69, 9.17) is 0 Å². The van der Waals surface area contributed by atoms with E-state index in [2.05, 4.69) is 36.6 Å². The van der Waals surface area contributed by atoms with Crippen LogP contribution in [0.4, 0.5) is 11.8 Å². The summed E-state index contributed by atoms with van der Waals surface area (Å²) in [6.07, 6.45) is 2.58. The largest absolute Gasteiger partial charge is 0.395 e. The predicted octanol–water partition coefficient (Wildman–Crippen LogP) is 1.43. The van der Waals surface area contributed by atoms with Crippen LogP contribution in [0, 0.1) is 0 Å². The zero-order valence-corrected chi connectivity index (χ0v) is 18.1. The van der Waals surface area contributed by atoms with E-state index < -0.39 is 0 Å². The maximum atomic E-state index is 12.2. The molecular weight excluding hydrogens is 414 g/mol. The Balaban J connectivity index is 1.51. The van der Waals surface area contributed by atoms with Gasteiger partial charge in [-0.2, -0.15) is 4.98 Å². The fourth-order valence-electron chi connectivity index (χ4n) is 3.24. The molecule has 4 N–H and O–H groups in total. The number of H-pyrrole nitrogens is 1. The van der Waals surface area contributed by atoms with Gasteiger partial charge in [-0.15, -0.1) is 11.8 Å². The number of likely N-dealkylation sites (N-methyl/N-ethyl adjacent to an activating group) is 1. The molecule has 9 nitrogen and oxygen atoms in total. The van der Waals surface area contributed by atoms with E-state index in [1.807, 2.05) is 36.2 Å². The van der Waals surface area contributed by atoms with E-state index in [0.29, 0.717) is 42.2 Å². The minimum Gasteiger partial charge on any atom is -0.395 e. The lowest BCUT2D eigenvalue weighted by Gasteiger charge is -2.18. The Morgan fingerprint density at radius 2 is 2.16 bits per heavy atom. The first-order valence-corrected chi connectivity index (χ1v) is 11.1. The van der Waals surface area contributed by atoms with Gasteiger partial charge in [-0.05, 0) is 18.2 Å². The Bertz CT molecular complexity index is 1140. The van der Waals surface area contributed by atoms with Crippen molar-refractivity contribution in [3.63, 3.8) is 0 Å². The second-order valence-corrected chi connectivity index (χ2v) is 8.25. The monoisotopic (exact) mass is 439 g/mol. The average molecular weight is 440 g/mol. The quantitative estimate of drug-likeness (QED) is 0.413. The van der Waals surface area contributed by atoms with Gasteiger partial charge in [0.15, 0.2) is 0 Å². The molecule has 162 valence electrons. The number of nitrogens with zero attached hydrogens (tertiary/aromatic N) is 4. The molecule has 10 heteroatoms. The van der Waals surface area contributed by atoms with Crippen molar-refractivity contribution in [3.8, 4) is 0 Å². The van der Waals surface area contributed by atoms with E-state index in [1.165, 1.54) is 4.91 Å². The molecule has 3 aromatic rings. The fraction of sp³-hybridized carbons (Fsp3) is 0.333. The highest BCUT2D eigenvalue weighted by molar-refractivity contribution is 8.03. The fourth-order valence-corrected chi connectivity index (χ4v) is 4.04. The number of aliphatic hydroxyl groups is 1. The number of hydrogen-bond donors (Lipinski definition) is 4. The van der Waals surface area contributed by atoms with Crippen molar-refractivity contribution in [2.24, 2.45) is 0 Å². The van der Waals surface area contributed by atoms with Gasteiger partial charge in [0.05, 0.1) is 23.2 Å². The van der Waals surface area contributed by atoms with Crippen LogP contribution in [0.25, 0.3) is 17.0 Å². The van der Waals surface area contributed by atoms with Gasteiger partial charge in [0.25, 0.3) is 5.56 Å². The molecule has 1 aromatic carbocycles. The third-order valence-electron chi connectivity index (χ3n) is 4.83. The first-order chi connectivity index (χ1) is 15.1. The first kappa shape index (κ1) is 21.3. The molecule has 1 fully saturated rings. The van der Waals surface area contributed by atoms with Gasteiger partial charge in [0.2, 0.25) is 5.95 Å². The number of nitrogens with one attached hydrogen (secondary N) is 3. The SMILES string of the molecule is CN(CCO)c1cc(/C=C2/CNCS2)nc(NCCc2nc3ccccc3c(=O)[nH]2)n1. The Morgan fingerprint density at radius 1 is 1.29 bits per heavy atom. The number of fused-ring (bicyclic) bond motifs is 1. The van der Waals surface area contributed by atoms with Crippen LogP contribution in [0.1, 0.15) is 11.5 Å². The summed E-state index contributed by atoms with van der Waals surface area (Å²) in [5.74, 6) is 2.73. The van der Waals surface area contributed by atoms with Gasteiger partial charge in [-0.3, -0.25) is 4.79 Å². The normalized spacial score (nSPS) is 15.0. The second-order valence-electron chi connectivity index (χ2n) is 7.15. The predicted molar refractivity (Wildman–Crippen MR) is 125 cm³/mol. The van der Waals surface area contributed by atoms with Crippen LogP contribution in [-0.2, 0) is 6.42 Å². The maximum Gasteiger partial charge on any atom is 0.258 e. The van der Waals surface area contributed by atoms with Crippen molar-refractivity contribution in [3.05, 3.63) is 57.1 Å². The van der Waals surface area contributed by atoms with Gasteiger partial charge >= 0.3 is 0 Å². The van der Waals surface area contributed by atoms with E-state index in [0.717, 1.165) is 23.9 Å². The Labute approximate surface area is 184 Å². The van der Waals surface area contributed by atoms with Crippen LogP contribution in [-0.4, -0.2) is 64.2 Å². The number of rotatable bonds is 8. The van der Waals surface area contributed by atoms with Crippen molar-refractivity contribution in [2.75, 3.05) is 49.4 Å². The molecule has 1 saturated heterocycles. The smallest absolute Gasteiger partial charge is 0.258 e. The van der Waals surface area contributed by atoms with E-state index in [9.17, 15) is 9.90 Å². The number of aromatic nitrogens is 4. The van der Waals surface area contributed by atoms with Crippen molar-refractivity contribution < 1.29 is 5.11 Å². The maximum absolute atomic E-state index is 12.2. The highest BCUT2D eigenvalue weighted by Gasteiger charge is 2.11. The average Bonchev–Trinajstić information content (AvgIpc) is 3.27. The van der Waals surface area contributed by atoms with Crippen molar-refractivity contribution in [1.29, 1.82) is 0 Å². The Kier molecular flexibility index (Phi) is 6.80. The van der Waals surface area contributed by atoms with Gasteiger partial charge < -0.3 is 25.6 Å². The molecule has 0 aliphatic carbocycles. The third-order valence-corrected chi connectivity index (χ3v) is 5.81. The van der Waals surface area contributed by atoms with Crippen molar-refractivity contribution >= 4 is 40.5 Å². The van der Waals surface area contributed by atoms with Crippen LogP contribution in [0.2, 0.25) is 0 Å².